The normalized spacial score (nSPS) is 18.3. The number of fused-ring (bicyclic) bond motifs is 1. The van der Waals surface area contributed by atoms with Gasteiger partial charge in [-0.2, -0.15) is 0 Å². The van der Waals surface area contributed by atoms with Gasteiger partial charge in [-0.25, -0.2) is 0 Å². The molecule has 1 aromatic carbocycles. The monoisotopic (exact) mass is 299 g/mol. The van der Waals surface area contributed by atoms with Gasteiger partial charge in [0.25, 0.3) is 0 Å². The molecule has 0 fully saturated rings. The largest absolute Gasteiger partial charge is 0.508 e. The summed E-state index contributed by atoms with van der Waals surface area (Å²) in [6, 6.07) is 6.48. The topological polar surface area (TPSA) is 32.3 Å². The molecule has 1 aliphatic carbocycles. The molecule has 2 N–H and O–H groups in total. The Balaban J connectivity index is 0.00000144. The third kappa shape index (κ3) is 3.71. The Labute approximate surface area is 114 Å². The van der Waals surface area contributed by atoms with E-state index in [1.165, 1.54) is 18.4 Å². The van der Waals surface area contributed by atoms with Crippen molar-refractivity contribution in [1.29, 1.82) is 0 Å². The fourth-order valence-electron chi connectivity index (χ4n) is 2.44. The SMILES string of the molecule is Br.CCCCNC1CCc2c(O)cccc2C1. The fourth-order valence-corrected chi connectivity index (χ4v) is 2.44. The number of hydrogen-bond donors (Lipinski definition) is 2. The number of hydrogen-bond acceptors (Lipinski definition) is 2. The number of halogens is 1. The predicted octanol–water partition coefficient (Wildman–Crippen LogP) is 3.22. The van der Waals surface area contributed by atoms with Gasteiger partial charge in [-0.1, -0.05) is 25.5 Å². The van der Waals surface area contributed by atoms with Crippen LogP contribution >= 0.6 is 17.0 Å². The van der Waals surface area contributed by atoms with E-state index in [1.54, 1.807) is 6.07 Å². The second-order valence-corrected chi connectivity index (χ2v) is 4.66. The molecule has 0 bridgehead atoms. The lowest BCUT2D eigenvalue weighted by Crippen LogP contribution is -2.35. The van der Waals surface area contributed by atoms with Gasteiger partial charge in [-0.05, 0) is 49.4 Å². The third-order valence-corrected chi connectivity index (χ3v) is 3.42. The smallest absolute Gasteiger partial charge is 0.119 e. The van der Waals surface area contributed by atoms with Crippen molar-refractivity contribution in [3.05, 3.63) is 29.3 Å². The number of aromatic hydroxyl groups is 1. The van der Waals surface area contributed by atoms with Crippen molar-refractivity contribution in [2.24, 2.45) is 0 Å². The summed E-state index contributed by atoms with van der Waals surface area (Å²) in [5.74, 6) is 0.476. The molecule has 0 aromatic heterocycles. The molecular formula is C14H22BrNO. The minimum absolute atomic E-state index is 0. The van der Waals surface area contributed by atoms with E-state index in [1.807, 2.05) is 6.07 Å². The molecule has 0 saturated heterocycles. The predicted molar refractivity (Wildman–Crippen MR) is 77.2 cm³/mol. The highest BCUT2D eigenvalue weighted by molar-refractivity contribution is 8.93. The molecule has 0 amide bonds. The zero-order chi connectivity index (χ0) is 11.4. The summed E-state index contributed by atoms with van der Waals surface area (Å²) in [4.78, 5) is 0. The Bertz CT molecular complexity index is 354. The molecule has 17 heavy (non-hydrogen) atoms. The molecule has 0 heterocycles. The van der Waals surface area contributed by atoms with E-state index in [-0.39, 0.29) is 17.0 Å². The number of benzene rings is 1. The molecular weight excluding hydrogens is 278 g/mol. The average Bonchev–Trinajstić information content (AvgIpc) is 2.30. The zero-order valence-corrected chi connectivity index (χ0v) is 12.1. The summed E-state index contributed by atoms with van der Waals surface area (Å²) in [6.07, 6.45) is 5.72. The Kier molecular flexibility index (Phi) is 6.00. The van der Waals surface area contributed by atoms with Gasteiger partial charge >= 0.3 is 0 Å². The first-order valence-corrected chi connectivity index (χ1v) is 6.34. The summed E-state index contributed by atoms with van der Waals surface area (Å²) < 4.78 is 0. The quantitative estimate of drug-likeness (QED) is 0.837. The van der Waals surface area contributed by atoms with E-state index < -0.39 is 0 Å². The van der Waals surface area contributed by atoms with E-state index in [2.05, 4.69) is 18.3 Å². The maximum Gasteiger partial charge on any atom is 0.119 e. The number of nitrogens with one attached hydrogen (secondary N) is 1. The molecule has 0 spiro atoms. The van der Waals surface area contributed by atoms with E-state index in [9.17, 15) is 5.11 Å². The van der Waals surface area contributed by atoms with Crippen molar-refractivity contribution >= 4 is 17.0 Å². The van der Waals surface area contributed by atoms with E-state index >= 15 is 0 Å². The molecule has 0 saturated carbocycles. The van der Waals surface area contributed by atoms with E-state index in [4.69, 9.17) is 0 Å². The standard InChI is InChI=1S/C14H21NO.BrH/c1-2-3-9-15-12-7-8-13-11(10-12)5-4-6-14(13)16;/h4-6,12,15-16H,2-3,7-10H2,1H3;1H. The highest BCUT2D eigenvalue weighted by Gasteiger charge is 2.19. The van der Waals surface area contributed by atoms with Crippen LogP contribution in [0.2, 0.25) is 0 Å². The number of unbranched alkanes of at least 4 members (excludes halogenated alkanes) is 1. The van der Waals surface area contributed by atoms with Crippen molar-refractivity contribution in [1.82, 2.24) is 5.32 Å². The summed E-state index contributed by atoms with van der Waals surface area (Å²) in [5, 5.41) is 13.3. The van der Waals surface area contributed by atoms with Crippen LogP contribution in [0.25, 0.3) is 0 Å². The van der Waals surface area contributed by atoms with Gasteiger partial charge in [-0.15, -0.1) is 17.0 Å². The van der Waals surface area contributed by atoms with Gasteiger partial charge in [0.15, 0.2) is 0 Å². The molecule has 1 unspecified atom stereocenters. The third-order valence-electron chi connectivity index (χ3n) is 3.42. The molecule has 2 nitrogen and oxygen atoms in total. The number of rotatable bonds is 4. The van der Waals surface area contributed by atoms with E-state index in [0.29, 0.717) is 11.8 Å². The van der Waals surface area contributed by atoms with Crippen LogP contribution in [0.3, 0.4) is 0 Å². The summed E-state index contributed by atoms with van der Waals surface area (Å²) in [5.41, 5.74) is 2.48. The van der Waals surface area contributed by atoms with Crippen LogP contribution in [0.5, 0.6) is 5.75 Å². The minimum atomic E-state index is 0. The molecule has 1 atom stereocenters. The number of phenols is 1. The second kappa shape index (κ2) is 7.02. The average molecular weight is 300 g/mol. The first-order valence-electron chi connectivity index (χ1n) is 6.34. The van der Waals surface area contributed by atoms with Crippen molar-refractivity contribution in [3.8, 4) is 5.75 Å². The fraction of sp³-hybridized carbons (Fsp3) is 0.571. The maximum absolute atomic E-state index is 9.74. The van der Waals surface area contributed by atoms with Gasteiger partial charge < -0.3 is 10.4 Å². The molecule has 1 aliphatic rings. The lowest BCUT2D eigenvalue weighted by Gasteiger charge is -2.26. The zero-order valence-electron chi connectivity index (χ0n) is 10.4. The number of phenolic OH excluding ortho intramolecular Hbond substituents is 1. The van der Waals surface area contributed by atoms with Crippen LogP contribution in [0.1, 0.15) is 37.3 Å². The Morgan fingerprint density at radius 3 is 3.00 bits per heavy atom. The van der Waals surface area contributed by atoms with Gasteiger partial charge in [0.05, 0.1) is 0 Å². The summed E-state index contributed by atoms with van der Waals surface area (Å²) in [7, 11) is 0. The van der Waals surface area contributed by atoms with Crippen molar-refractivity contribution in [3.63, 3.8) is 0 Å². The van der Waals surface area contributed by atoms with Crippen LogP contribution in [0.4, 0.5) is 0 Å². The summed E-state index contributed by atoms with van der Waals surface area (Å²) >= 11 is 0. The first-order chi connectivity index (χ1) is 7.81. The Morgan fingerprint density at radius 1 is 1.41 bits per heavy atom. The van der Waals surface area contributed by atoms with Gasteiger partial charge in [0.2, 0.25) is 0 Å². The van der Waals surface area contributed by atoms with Crippen molar-refractivity contribution in [2.75, 3.05) is 6.54 Å². The summed E-state index contributed by atoms with van der Waals surface area (Å²) in [6.45, 7) is 3.34. The van der Waals surface area contributed by atoms with Crippen LogP contribution in [0, 0.1) is 0 Å². The van der Waals surface area contributed by atoms with Gasteiger partial charge in [0.1, 0.15) is 5.75 Å². The Morgan fingerprint density at radius 2 is 2.24 bits per heavy atom. The molecule has 1 aromatic rings. The lowest BCUT2D eigenvalue weighted by molar-refractivity contribution is 0.429. The van der Waals surface area contributed by atoms with E-state index in [0.717, 1.165) is 31.4 Å². The minimum Gasteiger partial charge on any atom is -0.508 e. The second-order valence-electron chi connectivity index (χ2n) is 4.66. The first kappa shape index (κ1) is 14.5. The van der Waals surface area contributed by atoms with Crippen molar-refractivity contribution in [2.45, 2.75) is 45.1 Å². The van der Waals surface area contributed by atoms with Crippen LogP contribution in [-0.2, 0) is 12.8 Å². The molecule has 0 aliphatic heterocycles. The van der Waals surface area contributed by atoms with Crippen LogP contribution < -0.4 is 5.32 Å². The van der Waals surface area contributed by atoms with Crippen molar-refractivity contribution < 1.29 is 5.11 Å². The molecule has 2 rings (SSSR count). The molecule has 3 heteroatoms. The van der Waals surface area contributed by atoms with Gasteiger partial charge in [0, 0.05) is 6.04 Å². The van der Waals surface area contributed by atoms with Gasteiger partial charge in [-0.3, -0.25) is 0 Å². The van der Waals surface area contributed by atoms with Crippen LogP contribution in [0.15, 0.2) is 18.2 Å². The highest BCUT2D eigenvalue weighted by Crippen LogP contribution is 2.28. The Hall–Kier alpha value is -0.540. The maximum atomic E-state index is 9.74. The highest BCUT2D eigenvalue weighted by atomic mass is 79.9. The lowest BCUT2D eigenvalue weighted by atomic mass is 9.87. The molecule has 0 radical (unpaired) electrons. The van der Waals surface area contributed by atoms with Crippen LogP contribution in [-0.4, -0.2) is 17.7 Å². The molecule has 96 valence electrons.